The van der Waals surface area contributed by atoms with Crippen LogP contribution in [0.4, 0.5) is 0 Å². The maximum atomic E-state index is 11.6. The van der Waals surface area contributed by atoms with Crippen LogP contribution in [0.2, 0.25) is 0 Å². The molecule has 0 N–H and O–H groups in total. The van der Waals surface area contributed by atoms with E-state index in [-0.39, 0.29) is 5.97 Å². The van der Waals surface area contributed by atoms with Crippen LogP contribution in [0, 0.1) is 5.92 Å². The second kappa shape index (κ2) is 8.90. The van der Waals surface area contributed by atoms with Gasteiger partial charge in [-0.15, -0.1) is 0 Å². The van der Waals surface area contributed by atoms with E-state index in [1.165, 1.54) is 0 Å². The van der Waals surface area contributed by atoms with Gasteiger partial charge in [0, 0.05) is 0 Å². The number of azo groups is 1. The van der Waals surface area contributed by atoms with Crippen molar-refractivity contribution < 1.29 is 9.53 Å². The molecular formula is C13H24N2O2. The highest BCUT2D eigenvalue weighted by atomic mass is 16.5. The average Bonchev–Trinajstić information content (AvgIpc) is 2.22. The Balaban J connectivity index is 4.39. The molecule has 4 heteroatoms. The molecule has 4 nitrogen and oxygen atoms in total. The Morgan fingerprint density at radius 3 is 2.47 bits per heavy atom. The lowest BCUT2D eigenvalue weighted by Gasteiger charge is -2.07. The lowest BCUT2D eigenvalue weighted by molar-refractivity contribution is -0.143. The first kappa shape index (κ1) is 15.8. The van der Waals surface area contributed by atoms with Crippen LogP contribution < -0.4 is 0 Å². The van der Waals surface area contributed by atoms with Crippen molar-refractivity contribution in [2.45, 2.75) is 47.1 Å². The molecule has 0 saturated carbocycles. The number of hydrogen-bond donors (Lipinski definition) is 0. The molecule has 1 unspecified atom stereocenters. The first-order valence-corrected chi connectivity index (χ1v) is 6.15. The summed E-state index contributed by atoms with van der Waals surface area (Å²) in [6, 6.07) is -0.591. The van der Waals surface area contributed by atoms with Gasteiger partial charge in [0.1, 0.15) is 0 Å². The summed E-state index contributed by atoms with van der Waals surface area (Å²) in [6.07, 6.45) is 2.75. The quantitative estimate of drug-likeness (QED) is 0.389. The Bertz CT molecular complexity index is 279. The van der Waals surface area contributed by atoms with E-state index >= 15 is 0 Å². The van der Waals surface area contributed by atoms with E-state index in [0.717, 1.165) is 12.0 Å². The molecule has 0 spiro atoms. The summed E-state index contributed by atoms with van der Waals surface area (Å²) in [5.41, 5.74) is 1.03. The topological polar surface area (TPSA) is 51.0 Å². The van der Waals surface area contributed by atoms with Crippen molar-refractivity contribution in [1.29, 1.82) is 0 Å². The Hall–Kier alpha value is -1.19. The molecule has 1 atom stereocenters. The lowest BCUT2D eigenvalue weighted by atomic mass is 10.1. The summed E-state index contributed by atoms with van der Waals surface area (Å²) < 4.78 is 4.95. The average molecular weight is 240 g/mol. The minimum atomic E-state index is -0.591. The lowest BCUT2D eigenvalue weighted by Crippen LogP contribution is -2.19. The second-order valence-electron chi connectivity index (χ2n) is 4.60. The third-order valence-electron chi connectivity index (χ3n) is 2.03. The molecular weight excluding hydrogens is 216 g/mol. The van der Waals surface area contributed by atoms with Gasteiger partial charge >= 0.3 is 5.97 Å². The molecule has 0 aromatic rings. The normalized spacial score (nSPS) is 12.8. The van der Waals surface area contributed by atoms with E-state index < -0.39 is 6.04 Å². The zero-order valence-electron chi connectivity index (χ0n) is 11.6. The summed E-state index contributed by atoms with van der Waals surface area (Å²) in [4.78, 5) is 11.6. The van der Waals surface area contributed by atoms with Gasteiger partial charge in [-0.1, -0.05) is 19.4 Å². The van der Waals surface area contributed by atoms with Crippen molar-refractivity contribution in [1.82, 2.24) is 0 Å². The van der Waals surface area contributed by atoms with Gasteiger partial charge in [-0.25, -0.2) is 4.79 Å². The third-order valence-corrected chi connectivity index (χ3v) is 2.03. The van der Waals surface area contributed by atoms with Gasteiger partial charge in [-0.3, -0.25) is 0 Å². The van der Waals surface area contributed by atoms with E-state index in [1.54, 1.807) is 13.0 Å². The highest BCUT2D eigenvalue weighted by Crippen LogP contribution is 2.05. The fourth-order valence-corrected chi connectivity index (χ4v) is 1.15. The number of allylic oxidation sites excluding steroid dienone is 1. The van der Waals surface area contributed by atoms with Gasteiger partial charge in [-0.2, -0.15) is 10.2 Å². The minimum Gasteiger partial charge on any atom is -0.464 e. The fraction of sp³-hybridized carbons (Fsp3) is 0.769. The minimum absolute atomic E-state index is 0.331. The maximum absolute atomic E-state index is 11.6. The van der Waals surface area contributed by atoms with E-state index in [4.69, 9.17) is 4.74 Å². The Labute approximate surface area is 104 Å². The molecule has 0 rings (SSSR count). The van der Waals surface area contributed by atoms with Crippen molar-refractivity contribution in [3.05, 3.63) is 11.6 Å². The summed E-state index contributed by atoms with van der Waals surface area (Å²) in [5.74, 6) is 0.264. The molecule has 0 amide bonds. The van der Waals surface area contributed by atoms with E-state index in [0.29, 0.717) is 19.1 Å². The van der Waals surface area contributed by atoms with E-state index in [9.17, 15) is 4.79 Å². The highest BCUT2D eigenvalue weighted by molar-refractivity contribution is 5.78. The predicted octanol–water partition coefficient (Wildman–Crippen LogP) is 3.38. The molecule has 98 valence electrons. The zero-order valence-corrected chi connectivity index (χ0v) is 11.6. The maximum Gasteiger partial charge on any atom is 0.336 e. The second-order valence-corrected chi connectivity index (χ2v) is 4.60. The molecule has 0 aromatic carbocycles. The molecule has 0 aliphatic carbocycles. The van der Waals surface area contributed by atoms with Gasteiger partial charge in [0.05, 0.1) is 13.2 Å². The smallest absolute Gasteiger partial charge is 0.336 e. The van der Waals surface area contributed by atoms with E-state index in [2.05, 4.69) is 24.1 Å². The SMILES string of the molecule is CCOC(=O)C(C=C(C)C)N=NCCC(C)C. The number of esters is 1. The molecule has 0 bridgehead atoms. The zero-order chi connectivity index (χ0) is 13.3. The third kappa shape index (κ3) is 8.60. The van der Waals surface area contributed by atoms with Crippen LogP contribution in [-0.4, -0.2) is 25.2 Å². The highest BCUT2D eigenvalue weighted by Gasteiger charge is 2.15. The molecule has 17 heavy (non-hydrogen) atoms. The summed E-state index contributed by atoms with van der Waals surface area (Å²) in [6.45, 7) is 10.9. The number of carbonyl (C=O) groups is 1. The van der Waals surface area contributed by atoms with Crippen molar-refractivity contribution in [2.24, 2.45) is 16.1 Å². The Morgan fingerprint density at radius 1 is 1.35 bits per heavy atom. The van der Waals surface area contributed by atoms with Crippen LogP contribution >= 0.6 is 0 Å². The van der Waals surface area contributed by atoms with E-state index in [1.807, 2.05) is 13.8 Å². The first-order chi connectivity index (χ1) is 7.97. The Kier molecular flexibility index (Phi) is 8.28. The van der Waals surface area contributed by atoms with Crippen LogP contribution in [0.25, 0.3) is 0 Å². The van der Waals surface area contributed by atoms with Crippen molar-refractivity contribution in [2.75, 3.05) is 13.2 Å². The van der Waals surface area contributed by atoms with Crippen molar-refractivity contribution in [3.63, 3.8) is 0 Å². The fourth-order valence-electron chi connectivity index (χ4n) is 1.15. The van der Waals surface area contributed by atoms with Crippen LogP contribution in [0.3, 0.4) is 0 Å². The number of rotatable bonds is 7. The molecule has 0 fully saturated rings. The van der Waals surface area contributed by atoms with Crippen LogP contribution in [0.15, 0.2) is 21.9 Å². The van der Waals surface area contributed by atoms with Crippen LogP contribution in [0.1, 0.15) is 41.0 Å². The van der Waals surface area contributed by atoms with Gasteiger partial charge in [-0.05, 0) is 39.2 Å². The summed E-state index contributed by atoms with van der Waals surface area (Å²) >= 11 is 0. The van der Waals surface area contributed by atoms with Crippen LogP contribution in [-0.2, 0) is 9.53 Å². The molecule has 0 saturated heterocycles. The van der Waals surface area contributed by atoms with Crippen LogP contribution in [0.5, 0.6) is 0 Å². The van der Waals surface area contributed by atoms with Gasteiger partial charge < -0.3 is 4.74 Å². The number of hydrogen-bond acceptors (Lipinski definition) is 4. The monoisotopic (exact) mass is 240 g/mol. The number of carbonyl (C=O) groups excluding carboxylic acids is 1. The standard InChI is InChI=1S/C13H24N2O2/c1-6-17-13(16)12(9-11(4)5)15-14-8-7-10(2)3/h9-10,12H,6-8H2,1-5H3. The predicted molar refractivity (Wildman–Crippen MR) is 69.0 cm³/mol. The van der Waals surface area contributed by atoms with Gasteiger partial charge in [0.2, 0.25) is 0 Å². The van der Waals surface area contributed by atoms with Gasteiger partial charge in [0.15, 0.2) is 6.04 Å². The molecule has 0 radical (unpaired) electrons. The van der Waals surface area contributed by atoms with Crippen molar-refractivity contribution in [3.8, 4) is 0 Å². The molecule has 0 aliphatic heterocycles. The summed E-state index contributed by atoms with van der Waals surface area (Å²) in [7, 11) is 0. The molecule has 0 heterocycles. The summed E-state index contributed by atoms with van der Waals surface area (Å²) in [5, 5.41) is 8.08. The first-order valence-electron chi connectivity index (χ1n) is 6.15. The molecule has 0 aliphatic rings. The number of nitrogens with zero attached hydrogens (tertiary/aromatic N) is 2. The largest absolute Gasteiger partial charge is 0.464 e. The van der Waals surface area contributed by atoms with Crippen molar-refractivity contribution >= 4 is 5.97 Å². The van der Waals surface area contributed by atoms with Gasteiger partial charge in [0.25, 0.3) is 0 Å². The Morgan fingerprint density at radius 2 is 2.00 bits per heavy atom. The molecule has 0 aromatic heterocycles. The number of ether oxygens (including phenoxy) is 1.